The van der Waals surface area contributed by atoms with Crippen molar-refractivity contribution in [2.75, 3.05) is 26.0 Å². The van der Waals surface area contributed by atoms with Gasteiger partial charge in [0.2, 0.25) is 5.91 Å². The van der Waals surface area contributed by atoms with Crippen molar-refractivity contribution >= 4 is 29.1 Å². The van der Waals surface area contributed by atoms with Gasteiger partial charge in [0, 0.05) is 17.8 Å². The number of anilines is 1. The van der Waals surface area contributed by atoms with Gasteiger partial charge in [-0.25, -0.2) is 0 Å². The number of methoxy groups -OCH3 is 1. The molecule has 0 spiro atoms. The van der Waals surface area contributed by atoms with E-state index in [4.69, 9.17) is 16.3 Å². The Kier molecular flexibility index (Phi) is 6.04. The zero-order valence-electron chi connectivity index (χ0n) is 14.7. The first-order valence-corrected chi connectivity index (χ1v) is 8.16. The summed E-state index contributed by atoms with van der Waals surface area (Å²) in [6.45, 7) is 3.84. The van der Waals surface area contributed by atoms with Gasteiger partial charge in [0.1, 0.15) is 5.75 Å². The second kappa shape index (κ2) is 8.03. The van der Waals surface area contributed by atoms with Crippen molar-refractivity contribution in [2.45, 2.75) is 13.8 Å². The summed E-state index contributed by atoms with van der Waals surface area (Å²) in [5.74, 6) is -0.197. The lowest BCUT2D eigenvalue weighted by Gasteiger charge is -2.19. The third-order valence-corrected chi connectivity index (χ3v) is 4.23. The van der Waals surface area contributed by atoms with Crippen LogP contribution in [0.3, 0.4) is 0 Å². The Morgan fingerprint density at radius 2 is 1.92 bits per heavy atom. The summed E-state index contributed by atoms with van der Waals surface area (Å²) in [5, 5.41) is 3.27. The van der Waals surface area contributed by atoms with Gasteiger partial charge < -0.3 is 15.0 Å². The molecule has 0 fully saturated rings. The lowest BCUT2D eigenvalue weighted by atomic mass is 10.1. The number of likely N-dealkylation sites (N-methyl/N-ethyl adjacent to an activating group) is 1. The Hall–Kier alpha value is -2.53. The summed E-state index contributed by atoms with van der Waals surface area (Å²) in [7, 11) is 3.04. The lowest BCUT2D eigenvalue weighted by Crippen LogP contribution is -2.35. The number of carbonyl (C=O) groups excluding carboxylic acids is 2. The maximum atomic E-state index is 12.6. The van der Waals surface area contributed by atoms with E-state index in [0.29, 0.717) is 16.3 Å². The van der Waals surface area contributed by atoms with Crippen molar-refractivity contribution in [3.05, 3.63) is 58.1 Å². The lowest BCUT2D eigenvalue weighted by molar-refractivity contribution is -0.116. The monoisotopic (exact) mass is 360 g/mol. The molecule has 0 atom stereocenters. The van der Waals surface area contributed by atoms with E-state index in [9.17, 15) is 9.59 Å². The van der Waals surface area contributed by atoms with Gasteiger partial charge >= 0.3 is 0 Å². The highest BCUT2D eigenvalue weighted by molar-refractivity contribution is 6.31. The summed E-state index contributed by atoms with van der Waals surface area (Å²) in [5.41, 5.74) is 3.15. The predicted octanol–water partition coefficient (Wildman–Crippen LogP) is 3.68. The van der Waals surface area contributed by atoms with Gasteiger partial charge in [-0.2, -0.15) is 0 Å². The quantitative estimate of drug-likeness (QED) is 0.884. The molecule has 2 rings (SSSR count). The molecule has 0 saturated carbocycles. The maximum absolute atomic E-state index is 12.6. The summed E-state index contributed by atoms with van der Waals surface area (Å²) >= 11 is 5.96. The molecule has 0 bridgehead atoms. The molecule has 0 aliphatic carbocycles. The highest BCUT2D eigenvalue weighted by Gasteiger charge is 2.19. The zero-order valence-corrected chi connectivity index (χ0v) is 15.5. The fourth-order valence-electron chi connectivity index (χ4n) is 2.42. The first-order valence-electron chi connectivity index (χ1n) is 7.78. The van der Waals surface area contributed by atoms with Crippen LogP contribution >= 0.6 is 11.6 Å². The summed E-state index contributed by atoms with van der Waals surface area (Å²) in [6, 6.07) is 10.5. The molecule has 0 aliphatic heterocycles. The minimum atomic E-state index is -0.338. The van der Waals surface area contributed by atoms with Crippen LogP contribution in [0.5, 0.6) is 5.75 Å². The van der Waals surface area contributed by atoms with Gasteiger partial charge in [0.05, 0.1) is 19.2 Å². The molecule has 5 nitrogen and oxygen atoms in total. The number of hydrogen-bond donors (Lipinski definition) is 1. The van der Waals surface area contributed by atoms with Crippen molar-refractivity contribution in [2.24, 2.45) is 0 Å². The Balaban J connectivity index is 2.09. The number of rotatable bonds is 5. The summed E-state index contributed by atoms with van der Waals surface area (Å²) in [6.07, 6.45) is 0. The molecule has 132 valence electrons. The molecule has 25 heavy (non-hydrogen) atoms. The number of ether oxygens (including phenoxy) is 1. The Morgan fingerprint density at radius 1 is 1.20 bits per heavy atom. The average molecular weight is 361 g/mol. The highest BCUT2D eigenvalue weighted by Crippen LogP contribution is 2.24. The summed E-state index contributed by atoms with van der Waals surface area (Å²) < 4.78 is 5.19. The Labute approximate surface area is 152 Å². The molecular weight excluding hydrogens is 340 g/mol. The van der Waals surface area contributed by atoms with Crippen LogP contribution in [-0.2, 0) is 4.79 Å². The van der Waals surface area contributed by atoms with E-state index in [1.807, 2.05) is 32.0 Å². The zero-order chi connectivity index (χ0) is 18.6. The minimum Gasteiger partial charge on any atom is -0.496 e. The van der Waals surface area contributed by atoms with E-state index in [1.165, 1.54) is 18.1 Å². The van der Waals surface area contributed by atoms with Gasteiger partial charge in [0.25, 0.3) is 5.91 Å². The fraction of sp³-hybridized carbons (Fsp3) is 0.263. The normalized spacial score (nSPS) is 10.3. The van der Waals surface area contributed by atoms with Crippen LogP contribution in [-0.4, -0.2) is 37.4 Å². The molecular formula is C19H21ClN2O3. The van der Waals surface area contributed by atoms with Crippen LogP contribution < -0.4 is 10.1 Å². The molecule has 2 aromatic rings. The van der Waals surface area contributed by atoms with Gasteiger partial charge in [-0.05, 0) is 49.2 Å². The van der Waals surface area contributed by atoms with Gasteiger partial charge in [-0.1, -0.05) is 23.7 Å². The number of carbonyl (C=O) groups is 2. The maximum Gasteiger partial charge on any atom is 0.257 e. The second-order valence-corrected chi connectivity index (χ2v) is 6.24. The largest absolute Gasteiger partial charge is 0.496 e. The minimum absolute atomic E-state index is 0.0815. The topological polar surface area (TPSA) is 58.6 Å². The fourth-order valence-corrected chi connectivity index (χ4v) is 2.59. The number of benzene rings is 2. The number of amides is 2. The van der Waals surface area contributed by atoms with E-state index in [1.54, 1.807) is 19.2 Å². The molecule has 0 radical (unpaired) electrons. The molecule has 0 aromatic heterocycles. The molecule has 0 unspecified atom stereocenters. The SMILES string of the molecule is COc1ccc(Cl)cc1C(=O)N(C)CC(=O)Nc1cccc(C)c1C. The third kappa shape index (κ3) is 4.51. The molecule has 0 heterocycles. The first kappa shape index (κ1) is 18.8. The van der Waals surface area contributed by atoms with Crippen LogP contribution in [0.2, 0.25) is 5.02 Å². The standard InChI is InChI=1S/C19H21ClN2O3/c1-12-6-5-7-16(13(12)2)21-18(23)11-22(3)19(24)15-10-14(20)8-9-17(15)25-4/h5-10H,11H2,1-4H3,(H,21,23). The van der Waals surface area contributed by atoms with Crippen LogP contribution in [0.1, 0.15) is 21.5 Å². The van der Waals surface area contributed by atoms with Crippen LogP contribution in [0.4, 0.5) is 5.69 Å². The van der Waals surface area contributed by atoms with Crippen molar-refractivity contribution in [1.29, 1.82) is 0 Å². The predicted molar refractivity (Wildman–Crippen MR) is 99.5 cm³/mol. The second-order valence-electron chi connectivity index (χ2n) is 5.80. The first-order chi connectivity index (χ1) is 11.8. The number of nitrogens with one attached hydrogen (secondary N) is 1. The van der Waals surface area contributed by atoms with Crippen LogP contribution in [0.25, 0.3) is 0 Å². The van der Waals surface area contributed by atoms with Crippen molar-refractivity contribution in [3.8, 4) is 5.75 Å². The summed E-state index contributed by atoms with van der Waals surface area (Å²) in [4.78, 5) is 26.2. The van der Waals surface area contributed by atoms with Crippen LogP contribution in [0.15, 0.2) is 36.4 Å². The Bertz CT molecular complexity index is 805. The van der Waals surface area contributed by atoms with Gasteiger partial charge in [-0.3, -0.25) is 9.59 Å². The smallest absolute Gasteiger partial charge is 0.257 e. The van der Waals surface area contributed by atoms with Crippen molar-refractivity contribution < 1.29 is 14.3 Å². The van der Waals surface area contributed by atoms with E-state index >= 15 is 0 Å². The van der Waals surface area contributed by atoms with E-state index in [2.05, 4.69) is 5.32 Å². The highest BCUT2D eigenvalue weighted by atomic mass is 35.5. The molecule has 1 N–H and O–H groups in total. The third-order valence-electron chi connectivity index (χ3n) is 4.00. The molecule has 0 aliphatic rings. The van der Waals surface area contributed by atoms with Crippen molar-refractivity contribution in [1.82, 2.24) is 4.90 Å². The number of halogens is 1. The van der Waals surface area contributed by atoms with Gasteiger partial charge in [0.15, 0.2) is 0 Å². The molecule has 6 heteroatoms. The average Bonchev–Trinajstić information content (AvgIpc) is 2.58. The van der Waals surface area contributed by atoms with Crippen molar-refractivity contribution in [3.63, 3.8) is 0 Å². The van der Waals surface area contributed by atoms with E-state index in [0.717, 1.165) is 16.8 Å². The molecule has 2 aromatic carbocycles. The van der Waals surface area contributed by atoms with E-state index in [-0.39, 0.29) is 18.4 Å². The number of nitrogens with zero attached hydrogens (tertiary/aromatic N) is 1. The number of hydrogen-bond acceptors (Lipinski definition) is 3. The van der Waals surface area contributed by atoms with Crippen LogP contribution in [0, 0.1) is 13.8 Å². The van der Waals surface area contributed by atoms with Gasteiger partial charge in [-0.15, -0.1) is 0 Å². The number of aryl methyl sites for hydroxylation is 1. The Morgan fingerprint density at radius 3 is 2.60 bits per heavy atom. The van der Waals surface area contributed by atoms with E-state index < -0.39 is 0 Å². The molecule has 2 amide bonds. The molecule has 0 saturated heterocycles.